The summed E-state index contributed by atoms with van der Waals surface area (Å²) in [5, 5.41) is 10.4. The van der Waals surface area contributed by atoms with Gasteiger partial charge in [0, 0.05) is 16.6 Å². The van der Waals surface area contributed by atoms with E-state index < -0.39 is 6.10 Å². The second kappa shape index (κ2) is 5.22. The Morgan fingerprint density at radius 2 is 2.15 bits per heavy atom. The number of hydrogen-bond acceptors (Lipinski definition) is 6. The summed E-state index contributed by atoms with van der Waals surface area (Å²) in [6, 6.07) is 1.82. The van der Waals surface area contributed by atoms with E-state index in [9.17, 15) is 14.7 Å². The molecule has 3 heterocycles. The fourth-order valence-corrected chi connectivity index (χ4v) is 6.04. The molecule has 1 aromatic heterocycles. The van der Waals surface area contributed by atoms with Gasteiger partial charge in [0.05, 0.1) is 24.5 Å². The number of carbonyl (C=O) groups excluding carboxylic acids is 2. The molecule has 0 radical (unpaired) electrons. The largest absolute Gasteiger partial charge is 0.472 e. The normalized spacial score (nSPS) is 44.3. The molecule has 2 aliphatic carbocycles. The quantitative estimate of drug-likeness (QED) is 0.777. The van der Waals surface area contributed by atoms with Gasteiger partial charge in [-0.3, -0.25) is 4.79 Å². The molecule has 1 spiro atoms. The summed E-state index contributed by atoms with van der Waals surface area (Å²) in [5.41, 5.74) is 0.702. The van der Waals surface area contributed by atoms with E-state index in [-0.39, 0.29) is 40.7 Å². The Bertz CT molecular complexity index is 795. The standard InChI is InChI=1S/C20H22O6/c1-19-8-15(11-3-5-24-9-11)26-18(23)13(19)2-4-20-10-25-17(22)14(20)6-12(21)7-16(19)20/h3,5-6,9,12-13,15-16,21H,2,4,7-8,10H2,1H3/t12-,13+,15+,16-,19+,20-/m1/s1. The number of aliphatic hydroxyl groups excluding tert-OH is 1. The first kappa shape index (κ1) is 16.1. The molecule has 4 aliphatic rings. The predicted octanol–water partition coefficient (Wildman–Crippen LogP) is 2.53. The second-order valence-corrected chi connectivity index (χ2v) is 8.45. The van der Waals surface area contributed by atoms with Crippen LogP contribution in [0.3, 0.4) is 0 Å². The van der Waals surface area contributed by atoms with E-state index in [4.69, 9.17) is 13.9 Å². The first-order valence-corrected chi connectivity index (χ1v) is 9.24. The van der Waals surface area contributed by atoms with Crippen LogP contribution in [0.4, 0.5) is 0 Å². The van der Waals surface area contributed by atoms with E-state index in [0.717, 1.165) is 5.56 Å². The van der Waals surface area contributed by atoms with Gasteiger partial charge in [0.1, 0.15) is 12.7 Å². The van der Waals surface area contributed by atoms with E-state index in [1.807, 2.05) is 6.07 Å². The van der Waals surface area contributed by atoms with Crippen LogP contribution in [0.1, 0.15) is 44.3 Å². The maximum Gasteiger partial charge on any atom is 0.334 e. The lowest BCUT2D eigenvalue weighted by atomic mass is 9.45. The van der Waals surface area contributed by atoms with Crippen molar-refractivity contribution in [2.75, 3.05) is 6.61 Å². The number of furan rings is 1. The summed E-state index contributed by atoms with van der Waals surface area (Å²) >= 11 is 0. The Morgan fingerprint density at radius 1 is 1.31 bits per heavy atom. The zero-order chi connectivity index (χ0) is 18.1. The number of carbonyl (C=O) groups is 2. The third-order valence-electron chi connectivity index (χ3n) is 7.27. The van der Waals surface area contributed by atoms with Crippen molar-refractivity contribution in [3.63, 3.8) is 0 Å². The fourth-order valence-electron chi connectivity index (χ4n) is 6.04. The Morgan fingerprint density at radius 3 is 2.92 bits per heavy atom. The van der Waals surface area contributed by atoms with Crippen molar-refractivity contribution in [1.82, 2.24) is 0 Å². The lowest BCUT2D eigenvalue weighted by molar-refractivity contribution is -0.193. The number of rotatable bonds is 1. The molecule has 3 fully saturated rings. The fraction of sp³-hybridized carbons (Fsp3) is 0.600. The van der Waals surface area contributed by atoms with Gasteiger partial charge in [-0.05, 0) is 49.2 Å². The first-order valence-electron chi connectivity index (χ1n) is 9.24. The van der Waals surface area contributed by atoms with Crippen LogP contribution in [-0.4, -0.2) is 29.8 Å². The molecule has 5 rings (SSSR count). The highest BCUT2D eigenvalue weighted by Gasteiger charge is 2.66. The summed E-state index contributed by atoms with van der Waals surface area (Å²) in [4.78, 5) is 25.1. The lowest BCUT2D eigenvalue weighted by Gasteiger charge is -2.58. The van der Waals surface area contributed by atoms with Gasteiger partial charge < -0.3 is 19.0 Å². The van der Waals surface area contributed by atoms with Crippen LogP contribution >= 0.6 is 0 Å². The molecule has 2 saturated heterocycles. The zero-order valence-electron chi connectivity index (χ0n) is 14.6. The van der Waals surface area contributed by atoms with Crippen LogP contribution in [0.25, 0.3) is 0 Å². The van der Waals surface area contributed by atoms with Crippen molar-refractivity contribution in [3.05, 3.63) is 35.8 Å². The number of esters is 2. The van der Waals surface area contributed by atoms with Gasteiger partial charge in [-0.25, -0.2) is 4.79 Å². The molecule has 6 atom stereocenters. The summed E-state index contributed by atoms with van der Waals surface area (Å²) in [5.74, 6) is -0.725. The summed E-state index contributed by atoms with van der Waals surface area (Å²) < 4.78 is 16.3. The van der Waals surface area contributed by atoms with Crippen molar-refractivity contribution in [2.45, 2.75) is 44.8 Å². The zero-order valence-corrected chi connectivity index (χ0v) is 14.6. The maximum absolute atomic E-state index is 12.8. The van der Waals surface area contributed by atoms with Crippen LogP contribution in [0.2, 0.25) is 0 Å². The topological polar surface area (TPSA) is 86.0 Å². The van der Waals surface area contributed by atoms with Gasteiger partial charge in [0.15, 0.2) is 0 Å². The SMILES string of the molecule is C[C@]12C[C@@H](c3ccoc3)OC(=O)[C@@H]1CC[C@@]13COC(=O)C1=C[C@@H](O)C[C@@H]32. The molecule has 6 nitrogen and oxygen atoms in total. The molecule has 1 saturated carbocycles. The molecule has 6 heteroatoms. The van der Waals surface area contributed by atoms with Gasteiger partial charge >= 0.3 is 11.9 Å². The van der Waals surface area contributed by atoms with E-state index in [1.165, 1.54) is 0 Å². The van der Waals surface area contributed by atoms with Crippen LogP contribution in [0, 0.1) is 22.7 Å². The third kappa shape index (κ3) is 1.96. The molecule has 26 heavy (non-hydrogen) atoms. The Balaban J connectivity index is 1.59. The van der Waals surface area contributed by atoms with Crippen molar-refractivity contribution in [2.24, 2.45) is 22.7 Å². The Labute approximate surface area is 151 Å². The summed E-state index contributed by atoms with van der Waals surface area (Å²) in [6.45, 7) is 2.47. The highest BCUT2D eigenvalue weighted by molar-refractivity contribution is 5.93. The molecule has 1 N–H and O–H groups in total. The van der Waals surface area contributed by atoms with E-state index >= 15 is 0 Å². The van der Waals surface area contributed by atoms with Gasteiger partial charge in [-0.1, -0.05) is 6.92 Å². The van der Waals surface area contributed by atoms with Crippen molar-refractivity contribution >= 4 is 11.9 Å². The van der Waals surface area contributed by atoms with Crippen LogP contribution in [0.15, 0.2) is 34.7 Å². The average molecular weight is 358 g/mol. The minimum atomic E-state index is -0.685. The lowest BCUT2D eigenvalue weighted by Crippen LogP contribution is -2.58. The second-order valence-electron chi connectivity index (χ2n) is 8.45. The molecule has 0 amide bonds. The molecular formula is C20H22O6. The predicted molar refractivity (Wildman–Crippen MR) is 88.6 cm³/mol. The monoisotopic (exact) mass is 358 g/mol. The van der Waals surface area contributed by atoms with Crippen molar-refractivity contribution in [3.8, 4) is 0 Å². The van der Waals surface area contributed by atoms with Crippen molar-refractivity contribution < 1.29 is 28.6 Å². The highest BCUT2D eigenvalue weighted by Crippen LogP contribution is 2.66. The molecule has 0 unspecified atom stereocenters. The molecular weight excluding hydrogens is 336 g/mol. The Hall–Kier alpha value is -2.08. The number of cyclic esters (lactones) is 2. The Kier molecular flexibility index (Phi) is 3.24. The molecule has 138 valence electrons. The average Bonchev–Trinajstić information content (AvgIpc) is 3.23. The van der Waals surface area contributed by atoms with Crippen molar-refractivity contribution in [1.29, 1.82) is 0 Å². The van der Waals surface area contributed by atoms with Gasteiger partial charge in [-0.15, -0.1) is 0 Å². The first-order chi connectivity index (χ1) is 12.4. The van der Waals surface area contributed by atoms with E-state index in [0.29, 0.717) is 37.9 Å². The molecule has 0 bridgehead atoms. The van der Waals surface area contributed by atoms with Crippen LogP contribution in [-0.2, 0) is 19.1 Å². The highest BCUT2D eigenvalue weighted by atomic mass is 16.5. The number of aliphatic hydroxyl groups is 1. The van der Waals surface area contributed by atoms with Crippen LogP contribution < -0.4 is 0 Å². The molecule has 0 aromatic carbocycles. The third-order valence-corrected chi connectivity index (χ3v) is 7.27. The minimum Gasteiger partial charge on any atom is -0.472 e. The van der Waals surface area contributed by atoms with Gasteiger partial charge in [0.25, 0.3) is 0 Å². The van der Waals surface area contributed by atoms with E-state index in [2.05, 4.69) is 6.92 Å². The summed E-state index contributed by atoms with van der Waals surface area (Å²) in [6.07, 6.45) is 6.41. The molecule has 1 aromatic rings. The number of hydrogen-bond donors (Lipinski definition) is 1. The van der Waals surface area contributed by atoms with Gasteiger partial charge in [0.2, 0.25) is 0 Å². The number of fused-ring (bicyclic) bond motifs is 2. The minimum absolute atomic E-state index is 0.00236. The number of ether oxygens (including phenoxy) is 2. The smallest absolute Gasteiger partial charge is 0.334 e. The summed E-state index contributed by atoms with van der Waals surface area (Å²) in [7, 11) is 0. The van der Waals surface area contributed by atoms with Gasteiger partial charge in [-0.2, -0.15) is 0 Å². The molecule has 2 aliphatic heterocycles. The van der Waals surface area contributed by atoms with Crippen LogP contribution in [0.5, 0.6) is 0 Å². The maximum atomic E-state index is 12.8. The van der Waals surface area contributed by atoms with E-state index in [1.54, 1.807) is 18.6 Å².